The fraction of sp³-hybridized carbons (Fsp3) is 0.357. The van der Waals surface area contributed by atoms with Gasteiger partial charge in [-0.3, -0.25) is 14.4 Å². The van der Waals surface area contributed by atoms with Crippen LogP contribution in [0.2, 0.25) is 0 Å². The number of hydrogen-bond acceptors (Lipinski definition) is 4. The van der Waals surface area contributed by atoms with Crippen LogP contribution in [0.4, 0.5) is 5.69 Å². The molecular weight excluding hydrogens is 272 g/mol. The van der Waals surface area contributed by atoms with Gasteiger partial charge in [0.05, 0.1) is 6.54 Å². The zero-order chi connectivity index (χ0) is 15.7. The lowest BCUT2D eigenvalue weighted by atomic mass is 10.2. The SMILES string of the molecule is CCNC(=O)CCNC(=O)CNC(=O)c1ccc(N)cc1. The van der Waals surface area contributed by atoms with Crippen molar-refractivity contribution in [2.45, 2.75) is 13.3 Å². The van der Waals surface area contributed by atoms with Crippen molar-refractivity contribution >= 4 is 23.4 Å². The Hall–Kier alpha value is -2.57. The van der Waals surface area contributed by atoms with E-state index < -0.39 is 0 Å². The highest BCUT2D eigenvalue weighted by Crippen LogP contribution is 2.04. The molecule has 0 radical (unpaired) electrons. The summed E-state index contributed by atoms with van der Waals surface area (Å²) < 4.78 is 0. The Kier molecular flexibility index (Phi) is 6.73. The predicted octanol–water partition coefficient (Wildman–Crippen LogP) is -0.359. The van der Waals surface area contributed by atoms with Gasteiger partial charge in [-0.05, 0) is 31.2 Å². The van der Waals surface area contributed by atoms with Gasteiger partial charge >= 0.3 is 0 Å². The van der Waals surface area contributed by atoms with E-state index in [0.717, 1.165) is 0 Å². The molecule has 0 aliphatic rings. The Morgan fingerprint density at radius 1 is 1.00 bits per heavy atom. The fourth-order valence-corrected chi connectivity index (χ4v) is 1.56. The third kappa shape index (κ3) is 6.42. The van der Waals surface area contributed by atoms with Gasteiger partial charge in [0.1, 0.15) is 0 Å². The van der Waals surface area contributed by atoms with Gasteiger partial charge in [0.15, 0.2) is 0 Å². The Morgan fingerprint density at radius 3 is 2.29 bits per heavy atom. The Morgan fingerprint density at radius 2 is 1.67 bits per heavy atom. The topological polar surface area (TPSA) is 113 Å². The van der Waals surface area contributed by atoms with Gasteiger partial charge < -0.3 is 21.7 Å². The van der Waals surface area contributed by atoms with Crippen LogP contribution in [0.25, 0.3) is 0 Å². The van der Waals surface area contributed by atoms with Crippen LogP contribution in [-0.2, 0) is 9.59 Å². The standard InChI is InChI=1S/C14H20N4O3/c1-2-16-12(19)7-8-17-13(20)9-18-14(21)10-3-5-11(15)6-4-10/h3-6H,2,7-9,15H2,1H3,(H,16,19)(H,17,20)(H,18,21). The second-order valence-corrected chi connectivity index (χ2v) is 4.36. The quantitative estimate of drug-likeness (QED) is 0.514. The van der Waals surface area contributed by atoms with Crippen LogP contribution in [0.15, 0.2) is 24.3 Å². The molecule has 0 spiro atoms. The molecule has 7 nitrogen and oxygen atoms in total. The van der Waals surface area contributed by atoms with Gasteiger partial charge in [0.25, 0.3) is 5.91 Å². The van der Waals surface area contributed by atoms with Gasteiger partial charge in [0.2, 0.25) is 11.8 Å². The number of carbonyl (C=O) groups excluding carboxylic acids is 3. The molecule has 3 amide bonds. The van der Waals surface area contributed by atoms with E-state index in [1.807, 2.05) is 6.92 Å². The first-order valence-electron chi connectivity index (χ1n) is 6.70. The molecule has 1 rings (SSSR count). The third-order valence-corrected chi connectivity index (χ3v) is 2.63. The monoisotopic (exact) mass is 292 g/mol. The zero-order valence-electron chi connectivity index (χ0n) is 11.9. The molecule has 5 N–H and O–H groups in total. The summed E-state index contributed by atoms with van der Waals surface area (Å²) in [5, 5.41) is 7.67. The smallest absolute Gasteiger partial charge is 0.251 e. The lowest BCUT2D eigenvalue weighted by Crippen LogP contribution is -2.38. The molecule has 1 aromatic carbocycles. The van der Waals surface area contributed by atoms with Gasteiger partial charge in [0, 0.05) is 30.8 Å². The fourth-order valence-electron chi connectivity index (χ4n) is 1.56. The molecule has 0 bridgehead atoms. The molecule has 0 aliphatic heterocycles. The Bertz CT molecular complexity index is 499. The summed E-state index contributed by atoms with van der Waals surface area (Å²) in [4.78, 5) is 34.4. The maximum absolute atomic E-state index is 11.7. The summed E-state index contributed by atoms with van der Waals surface area (Å²) in [6, 6.07) is 6.39. The van der Waals surface area contributed by atoms with Crippen molar-refractivity contribution in [3.63, 3.8) is 0 Å². The normalized spacial score (nSPS) is 9.76. The highest BCUT2D eigenvalue weighted by Gasteiger charge is 2.08. The Balaban J connectivity index is 2.25. The first kappa shape index (κ1) is 16.5. The van der Waals surface area contributed by atoms with Gasteiger partial charge in [-0.2, -0.15) is 0 Å². The number of benzene rings is 1. The van der Waals surface area contributed by atoms with Gasteiger partial charge in [-0.15, -0.1) is 0 Å². The summed E-state index contributed by atoms with van der Waals surface area (Å²) in [6.45, 7) is 2.48. The molecule has 7 heteroatoms. The van der Waals surface area contributed by atoms with Crippen LogP contribution >= 0.6 is 0 Å². The largest absolute Gasteiger partial charge is 0.399 e. The highest BCUT2D eigenvalue weighted by atomic mass is 16.2. The van der Waals surface area contributed by atoms with Crippen molar-refractivity contribution in [2.75, 3.05) is 25.4 Å². The number of nitrogens with two attached hydrogens (primary N) is 1. The van der Waals surface area contributed by atoms with Gasteiger partial charge in [-0.1, -0.05) is 0 Å². The van der Waals surface area contributed by atoms with Crippen molar-refractivity contribution in [2.24, 2.45) is 0 Å². The first-order valence-corrected chi connectivity index (χ1v) is 6.70. The van der Waals surface area contributed by atoms with E-state index in [2.05, 4.69) is 16.0 Å². The summed E-state index contributed by atoms with van der Waals surface area (Å²) >= 11 is 0. The zero-order valence-corrected chi connectivity index (χ0v) is 11.9. The van der Waals surface area contributed by atoms with Crippen LogP contribution in [-0.4, -0.2) is 37.4 Å². The molecule has 114 valence electrons. The van der Waals surface area contributed by atoms with Crippen LogP contribution in [0.3, 0.4) is 0 Å². The summed E-state index contributed by atoms with van der Waals surface area (Å²) in [7, 11) is 0. The molecule has 0 atom stereocenters. The summed E-state index contributed by atoms with van der Waals surface area (Å²) in [5.41, 5.74) is 6.52. The molecular formula is C14H20N4O3. The number of rotatable bonds is 7. The average molecular weight is 292 g/mol. The number of carbonyl (C=O) groups is 3. The number of nitrogen functional groups attached to an aromatic ring is 1. The van der Waals surface area contributed by atoms with Crippen LogP contribution < -0.4 is 21.7 Å². The van der Waals surface area contributed by atoms with Crippen molar-refractivity contribution in [1.29, 1.82) is 0 Å². The second kappa shape index (κ2) is 8.57. The van der Waals surface area contributed by atoms with Crippen LogP contribution in [0, 0.1) is 0 Å². The lowest BCUT2D eigenvalue weighted by Gasteiger charge is -2.07. The molecule has 0 heterocycles. The highest BCUT2D eigenvalue weighted by molar-refractivity contribution is 5.96. The molecule has 21 heavy (non-hydrogen) atoms. The van der Waals surface area contributed by atoms with Crippen molar-refractivity contribution in [3.05, 3.63) is 29.8 Å². The molecule has 0 fully saturated rings. The predicted molar refractivity (Wildman–Crippen MR) is 79.5 cm³/mol. The van der Waals surface area contributed by atoms with Crippen molar-refractivity contribution < 1.29 is 14.4 Å². The van der Waals surface area contributed by atoms with E-state index in [1.54, 1.807) is 24.3 Å². The number of nitrogens with one attached hydrogen (secondary N) is 3. The summed E-state index contributed by atoms with van der Waals surface area (Å²) in [5.74, 6) is -0.819. The lowest BCUT2D eigenvalue weighted by molar-refractivity contribution is -0.121. The van der Waals surface area contributed by atoms with Crippen LogP contribution in [0.1, 0.15) is 23.7 Å². The molecule has 0 saturated carbocycles. The molecule has 0 saturated heterocycles. The van der Waals surface area contributed by atoms with E-state index in [0.29, 0.717) is 17.8 Å². The minimum atomic E-state index is -0.353. The molecule has 1 aromatic rings. The van der Waals surface area contributed by atoms with E-state index in [1.165, 1.54) is 0 Å². The van der Waals surface area contributed by atoms with Crippen molar-refractivity contribution in [1.82, 2.24) is 16.0 Å². The van der Waals surface area contributed by atoms with Crippen LogP contribution in [0.5, 0.6) is 0 Å². The summed E-state index contributed by atoms with van der Waals surface area (Å²) in [6.07, 6.45) is 0.214. The maximum atomic E-state index is 11.7. The maximum Gasteiger partial charge on any atom is 0.251 e. The Labute approximate surface area is 123 Å². The van der Waals surface area contributed by atoms with Gasteiger partial charge in [-0.25, -0.2) is 0 Å². The first-order chi connectivity index (χ1) is 10.0. The molecule has 0 unspecified atom stereocenters. The third-order valence-electron chi connectivity index (χ3n) is 2.63. The number of amides is 3. The van der Waals surface area contributed by atoms with E-state index in [4.69, 9.17) is 5.73 Å². The average Bonchev–Trinajstić information content (AvgIpc) is 2.46. The molecule has 0 aliphatic carbocycles. The number of anilines is 1. The minimum Gasteiger partial charge on any atom is -0.399 e. The van der Waals surface area contributed by atoms with E-state index in [-0.39, 0.29) is 37.2 Å². The number of hydrogen-bond donors (Lipinski definition) is 4. The molecule has 0 aromatic heterocycles. The van der Waals surface area contributed by atoms with E-state index in [9.17, 15) is 14.4 Å². The van der Waals surface area contributed by atoms with Crippen molar-refractivity contribution in [3.8, 4) is 0 Å². The second-order valence-electron chi connectivity index (χ2n) is 4.36. The van der Waals surface area contributed by atoms with E-state index >= 15 is 0 Å². The minimum absolute atomic E-state index is 0.122.